The third-order valence-corrected chi connectivity index (χ3v) is 5.76. The number of carbonyl (C=O) groups excluding carboxylic acids is 1. The van der Waals surface area contributed by atoms with Gasteiger partial charge in [-0.05, 0) is 48.2 Å². The van der Waals surface area contributed by atoms with Gasteiger partial charge in [0.05, 0.1) is 19.2 Å². The molecule has 11 heteroatoms. The Hall–Kier alpha value is -3.05. The fraction of sp³-hybridized carbons (Fsp3) is 0.333. The van der Waals surface area contributed by atoms with Crippen molar-refractivity contribution in [2.75, 3.05) is 33.3 Å². The van der Waals surface area contributed by atoms with Crippen LogP contribution >= 0.6 is 11.8 Å². The van der Waals surface area contributed by atoms with Crippen molar-refractivity contribution in [3.8, 4) is 17.1 Å². The molecule has 32 heavy (non-hydrogen) atoms. The van der Waals surface area contributed by atoms with E-state index in [9.17, 15) is 13.6 Å². The van der Waals surface area contributed by atoms with Gasteiger partial charge in [0.1, 0.15) is 10.8 Å². The van der Waals surface area contributed by atoms with E-state index in [0.29, 0.717) is 44.4 Å². The molecular weight excluding hydrogens is 440 g/mol. The van der Waals surface area contributed by atoms with Crippen molar-refractivity contribution in [2.45, 2.75) is 17.3 Å². The lowest BCUT2D eigenvalue weighted by Gasteiger charge is -2.34. The highest BCUT2D eigenvalue weighted by Crippen LogP contribution is 2.27. The number of pyridine rings is 1. The first kappa shape index (κ1) is 22.2. The first-order valence-electron chi connectivity index (χ1n) is 9.92. The number of carbonyl (C=O) groups is 1. The molecule has 0 spiro atoms. The summed E-state index contributed by atoms with van der Waals surface area (Å²) in [6.07, 6.45) is 1.41. The molecule has 1 amide bonds. The normalized spacial score (nSPS) is 14.7. The van der Waals surface area contributed by atoms with Crippen molar-refractivity contribution in [1.29, 1.82) is 0 Å². The predicted octanol–water partition coefficient (Wildman–Crippen LogP) is 3.41. The maximum absolute atomic E-state index is 12.8. The van der Waals surface area contributed by atoms with Crippen LogP contribution in [0.3, 0.4) is 0 Å². The molecule has 1 fully saturated rings. The van der Waals surface area contributed by atoms with Gasteiger partial charge in [0.2, 0.25) is 11.7 Å². The SMILES string of the molecule is COc1ccc(-c2noc(CN3CCN(C(=O)c4cccnc4SC(F)F)CC3)n2)cc1. The number of thioether (sulfide) groups is 1. The number of halogens is 2. The number of aromatic nitrogens is 3. The van der Waals surface area contributed by atoms with Crippen LogP contribution in [0.4, 0.5) is 8.78 Å². The van der Waals surface area contributed by atoms with Crippen molar-refractivity contribution >= 4 is 17.7 Å². The summed E-state index contributed by atoms with van der Waals surface area (Å²) in [7, 11) is 1.60. The fourth-order valence-corrected chi connectivity index (χ4v) is 3.95. The molecule has 1 aliphatic heterocycles. The molecule has 0 saturated carbocycles. The Labute approximate surface area is 187 Å². The number of alkyl halides is 2. The average Bonchev–Trinajstić information content (AvgIpc) is 3.27. The lowest BCUT2D eigenvalue weighted by Crippen LogP contribution is -2.48. The third kappa shape index (κ3) is 5.22. The second-order valence-electron chi connectivity index (χ2n) is 7.04. The number of hydrogen-bond acceptors (Lipinski definition) is 8. The van der Waals surface area contributed by atoms with Crippen molar-refractivity contribution in [2.24, 2.45) is 0 Å². The minimum atomic E-state index is -2.63. The summed E-state index contributed by atoms with van der Waals surface area (Å²) in [4.78, 5) is 25.0. The Balaban J connectivity index is 1.34. The lowest BCUT2D eigenvalue weighted by molar-refractivity contribution is 0.0611. The Bertz CT molecular complexity index is 1060. The van der Waals surface area contributed by atoms with E-state index in [-0.39, 0.29) is 28.3 Å². The summed E-state index contributed by atoms with van der Waals surface area (Å²) in [6.45, 7) is 2.59. The van der Waals surface area contributed by atoms with Crippen LogP contribution in [0.5, 0.6) is 5.75 Å². The van der Waals surface area contributed by atoms with Gasteiger partial charge in [0.15, 0.2) is 0 Å². The zero-order valence-corrected chi connectivity index (χ0v) is 18.1. The molecule has 0 N–H and O–H groups in total. The largest absolute Gasteiger partial charge is 0.497 e. The van der Waals surface area contributed by atoms with E-state index in [1.165, 1.54) is 12.3 Å². The first-order chi connectivity index (χ1) is 15.5. The van der Waals surface area contributed by atoms with Gasteiger partial charge in [-0.15, -0.1) is 0 Å². The highest BCUT2D eigenvalue weighted by Gasteiger charge is 2.26. The number of nitrogens with zero attached hydrogens (tertiary/aromatic N) is 5. The van der Waals surface area contributed by atoms with Crippen LogP contribution in [0.15, 0.2) is 52.1 Å². The molecule has 0 radical (unpaired) electrons. The molecule has 0 aliphatic carbocycles. The monoisotopic (exact) mass is 461 g/mol. The van der Waals surface area contributed by atoms with Crippen molar-refractivity contribution in [3.05, 3.63) is 54.0 Å². The lowest BCUT2D eigenvalue weighted by atomic mass is 10.2. The maximum Gasteiger partial charge on any atom is 0.290 e. The minimum absolute atomic E-state index is 0.0480. The van der Waals surface area contributed by atoms with Crippen LogP contribution in [0.1, 0.15) is 16.2 Å². The van der Waals surface area contributed by atoms with Gasteiger partial charge in [-0.3, -0.25) is 9.69 Å². The summed E-state index contributed by atoms with van der Waals surface area (Å²) in [5.74, 6) is -1.20. The van der Waals surface area contributed by atoms with Gasteiger partial charge in [0, 0.05) is 37.9 Å². The second-order valence-corrected chi connectivity index (χ2v) is 8.02. The molecule has 0 atom stereocenters. The van der Waals surface area contributed by atoms with Crippen molar-refractivity contribution in [3.63, 3.8) is 0 Å². The van der Waals surface area contributed by atoms with Crippen LogP contribution in [-0.4, -0.2) is 69.9 Å². The molecule has 168 valence electrons. The first-order valence-corrected chi connectivity index (χ1v) is 10.8. The summed E-state index contributed by atoms with van der Waals surface area (Å²) in [5, 5.41) is 4.08. The number of rotatable bonds is 7. The topological polar surface area (TPSA) is 84.6 Å². The highest BCUT2D eigenvalue weighted by atomic mass is 32.2. The number of ether oxygens (including phenoxy) is 1. The third-order valence-electron chi connectivity index (χ3n) is 5.04. The quantitative estimate of drug-likeness (QED) is 0.495. The zero-order valence-electron chi connectivity index (χ0n) is 17.3. The van der Waals surface area contributed by atoms with E-state index in [1.807, 2.05) is 24.3 Å². The predicted molar refractivity (Wildman–Crippen MR) is 114 cm³/mol. The molecule has 1 aliphatic rings. The van der Waals surface area contributed by atoms with E-state index >= 15 is 0 Å². The van der Waals surface area contributed by atoms with Gasteiger partial charge in [-0.25, -0.2) is 4.98 Å². The van der Waals surface area contributed by atoms with Crippen molar-refractivity contribution < 1.29 is 22.8 Å². The number of hydrogen-bond donors (Lipinski definition) is 0. The minimum Gasteiger partial charge on any atom is -0.497 e. The molecule has 3 aromatic rings. The van der Waals surface area contributed by atoms with Crippen LogP contribution in [0.2, 0.25) is 0 Å². The average molecular weight is 461 g/mol. The Morgan fingerprint density at radius 3 is 2.62 bits per heavy atom. The van der Waals surface area contributed by atoms with E-state index in [1.54, 1.807) is 18.1 Å². The number of methoxy groups -OCH3 is 1. The number of benzene rings is 1. The molecule has 0 unspecified atom stereocenters. The summed E-state index contributed by atoms with van der Waals surface area (Å²) < 4.78 is 36.1. The Kier molecular flexibility index (Phi) is 6.96. The van der Waals surface area contributed by atoms with Crippen LogP contribution in [-0.2, 0) is 6.54 Å². The van der Waals surface area contributed by atoms with Crippen LogP contribution in [0, 0.1) is 0 Å². The highest BCUT2D eigenvalue weighted by molar-refractivity contribution is 7.99. The maximum atomic E-state index is 12.8. The van der Waals surface area contributed by atoms with Crippen LogP contribution in [0.25, 0.3) is 11.4 Å². The smallest absolute Gasteiger partial charge is 0.290 e. The molecule has 8 nitrogen and oxygen atoms in total. The molecule has 3 heterocycles. The van der Waals surface area contributed by atoms with Gasteiger partial charge in [-0.2, -0.15) is 13.8 Å². The van der Waals surface area contributed by atoms with Gasteiger partial charge in [-0.1, -0.05) is 5.16 Å². The zero-order chi connectivity index (χ0) is 22.5. The standard InChI is InChI=1S/C21H21F2N5O3S/c1-30-15-6-4-14(5-7-15)18-25-17(31-26-18)13-27-9-11-28(12-10-27)20(29)16-3-2-8-24-19(16)32-21(22)23/h2-8,21H,9-13H2,1H3. The second kappa shape index (κ2) is 10.0. The fourth-order valence-electron chi connectivity index (χ4n) is 3.38. The number of piperazine rings is 1. The summed E-state index contributed by atoms with van der Waals surface area (Å²) in [6, 6.07) is 10.5. The Morgan fingerprint density at radius 1 is 1.19 bits per heavy atom. The Morgan fingerprint density at radius 2 is 1.94 bits per heavy atom. The number of amides is 1. The molecule has 4 rings (SSSR count). The molecule has 0 bridgehead atoms. The van der Waals surface area contributed by atoms with Crippen molar-refractivity contribution in [1.82, 2.24) is 24.9 Å². The van der Waals surface area contributed by atoms with E-state index in [0.717, 1.165) is 11.3 Å². The van der Waals surface area contributed by atoms with Gasteiger partial charge >= 0.3 is 0 Å². The van der Waals surface area contributed by atoms with E-state index < -0.39 is 5.76 Å². The van der Waals surface area contributed by atoms with Gasteiger partial charge < -0.3 is 14.2 Å². The van der Waals surface area contributed by atoms with E-state index in [4.69, 9.17) is 9.26 Å². The van der Waals surface area contributed by atoms with Gasteiger partial charge in [0.25, 0.3) is 11.7 Å². The molecule has 1 aromatic carbocycles. The summed E-state index contributed by atoms with van der Waals surface area (Å²) in [5.41, 5.74) is 1.03. The summed E-state index contributed by atoms with van der Waals surface area (Å²) >= 11 is 0.285. The molecule has 1 saturated heterocycles. The van der Waals surface area contributed by atoms with Crippen LogP contribution < -0.4 is 4.74 Å². The molecular formula is C21H21F2N5O3S. The molecule has 2 aromatic heterocycles. The van der Waals surface area contributed by atoms with E-state index in [2.05, 4.69) is 20.0 Å².